The summed E-state index contributed by atoms with van der Waals surface area (Å²) >= 11 is 0. The number of para-hydroxylation sites is 3. The van der Waals surface area contributed by atoms with E-state index in [4.69, 9.17) is 14.4 Å². The first-order valence-electron chi connectivity index (χ1n) is 19.0. The Bertz CT molecular complexity index is 3540. The third kappa shape index (κ3) is 4.60. The molecule has 0 aliphatic rings. The van der Waals surface area contributed by atoms with E-state index in [0.29, 0.717) is 5.82 Å². The Morgan fingerprint density at radius 3 is 1.98 bits per heavy atom. The summed E-state index contributed by atoms with van der Waals surface area (Å²) in [7, 11) is 0. The van der Waals surface area contributed by atoms with Crippen LogP contribution in [0.1, 0.15) is 0 Å². The van der Waals surface area contributed by atoms with Crippen LogP contribution in [0.2, 0.25) is 0 Å². The van der Waals surface area contributed by atoms with Crippen LogP contribution in [0.4, 0.5) is 0 Å². The molecule has 56 heavy (non-hydrogen) atoms. The van der Waals surface area contributed by atoms with Crippen molar-refractivity contribution >= 4 is 76.1 Å². The molecule has 9 aromatic carbocycles. The Kier molecular flexibility index (Phi) is 6.60. The highest BCUT2D eigenvalue weighted by Gasteiger charge is 2.23. The summed E-state index contributed by atoms with van der Waals surface area (Å²) in [5.74, 6) is 0.658. The predicted molar refractivity (Wildman–Crippen MR) is 232 cm³/mol. The number of nitrogens with zero attached hydrogens (tertiary/aromatic N) is 3. The van der Waals surface area contributed by atoms with Crippen molar-refractivity contribution in [1.82, 2.24) is 14.5 Å². The normalized spacial score (nSPS) is 11.9. The molecule has 0 aliphatic heterocycles. The zero-order valence-corrected chi connectivity index (χ0v) is 30.1. The van der Waals surface area contributed by atoms with Crippen molar-refractivity contribution in [2.45, 2.75) is 0 Å². The Morgan fingerprint density at radius 2 is 1.09 bits per heavy atom. The Labute approximate surface area is 321 Å². The van der Waals surface area contributed by atoms with Gasteiger partial charge in [0.15, 0.2) is 5.82 Å². The second-order valence-electron chi connectivity index (χ2n) is 14.5. The van der Waals surface area contributed by atoms with Crippen LogP contribution in [0.25, 0.3) is 116 Å². The maximum absolute atomic E-state index is 6.85. The standard InChI is InChI=1S/C52H31N3O/c1-2-17-36(18-3-1)55-46-23-10-8-21-42(46)49-47(55)30-43(40-27-28-41-39-20-9-11-24-48(39)56-51(41)50(40)49)52-53-44(35-26-25-32-13-4-5-15-34(32)29-35)31-45(54-52)38-22-12-16-33-14-6-7-19-37(33)38/h1-31H. The number of hydrogen-bond donors (Lipinski definition) is 0. The van der Waals surface area contributed by atoms with Crippen molar-refractivity contribution in [3.8, 4) is 39.6 Å². The number of benzene rings is 9. The molecule has 0 radical (unpaired) electrons. The fraction of sp³-hybridized carbons (Fsp3) is 0. The summed E-state index contributed by atoms with van der Waals surface area (Å²) in [4.78, 5) is 11.0. The van der Waals surface area contributed by atoms with Crippen molar-refractivity contribution < 1.29 is 4.42 Å². The maximum atomic E-state index is 6.85. The van der Waals surface area contributed by atoms with Crippen molar-refractivity contribution in [2.75, 3.05) is 0 Å². The van der Waals surface area contributed by atoms with Gasteiger partial charge in [-0.25, -0.2) is 9.97 Å². The van der Waals surface area contributed by atoms with Crippen LogP contribution in [-0.2, 0) is 0 Å². The molecular formula is C52H31N3O. The van der Waals surface area contributed by atoms with Crippen LogP contribution < -0.4 is 0 Å². The molecule has 0 fully saturated rings. The minimum Gasteiger partial charge on any atom is -0.455 e. The van der Waals surface area contributed by atoms with Crippen LogP contribution in [0.3, 0.4) is 0 Å². The minimum absolute atomic E-state index is 0.658. The van der Waals surface area contributed by atoms with E-state index in [1.165, 1.54) is 16.2 Å². The van der Waals surface area contributed by atoms with E-state index < -0.39 is 0 Å². The number of rotatable bonds is 4. The Hall–Kier alpha value is -7.56. The van der Waals surface area contributed by atoms with Crippen molar-refractivity contribution in [3.05, 3.63) is 188 Å². The quantitative estimate of drug-likeness (QED) is 0.182. The molecule has 4 heteroatoms. The summed E-state index contributed by atoms with van der Waals surface area (Å²) in [6.07, 6.45) is 0. The van der Waals surface area contributed by atoms with Gasteiger partial charge in [-0.3, -0.25) is 0 Å². The Balaban J connectivity index is 1.25. The van der Waals surface area contributed by atoms with Gasteiger partial charge in [0.05, 0.1) is 22.4 Å². The van der Waals surface area contributed by atoms with Gasteiger partial charge in [0, 0.05) is 49.3 Å². The van der Waals surface area contributed by atoms with Gasteiger partial charge in [0.25, 0.3) is 0 Å². The van der Waals surface area contributed by atoms with Crippen LogP contribution >= 0.6 is 0 Å². The van der Waals surface area contributed by atoms with Gasteiger partial charge in [-0.15, -0.1) is 0 Å². The molecule has 12 rings (SSSR count). The average molecular weight is 714 g/mol. The SMILES string of the molecule is c1ccc(-n2c3ccccc3c3c4c(ccc5c6ccccc6oc54)c(-c4nc(-c5ccc6ccccc6c5)cc(-c5cccc6ccccc56)n4)cc32)cc1. The van der Waals surface area contributed by atoms with E-state index in [1.54, 1.807) is 0 Å². The highest BCUT2D eigenvalue weighted by atomic mass is 16.3. The van der Waals surface area contributed by atoms with Gasteiger partial charge in [0.2, 0.25) is 0 Å². The van der Waals surface area contributed by atoms with Gasteiger partial charge >= 0.3 is 0 Å². The van der Waals surface area contributed by atoms with Gasteiger partial charge in [0.1, 0.15) is 11.2 Å². The lowest BCUT2D eigenvalue weighted by atomic mass is 9.95. The largest absolute Gasteiger partial charge is 0.455 e. The first-order valence-corrected chi connectivity index (χ1v) is 19.0. The molecule has 0 bridgehead atoms. The molecule has 4 nitrogen and oxygen atoms in total. The van der Waals surface area contributed by atoms with E-state index in [-0.39, 0.29) is 0 Å². The number of furan rings is 1. The molecule has 12 aromatic rings. The lowest BCUT2D eigenvalue weighted by molar-refractivity contribution is 0.673. The fourth-order valence-electron chi connectivity index (χ4n) is 8.83. The molecule has 3 aromatic heterocycles. The summed E-state index contributed by atoms with van der Waals surface area (Å²) in [5.41, 5.74) is 9.81. The smallest absolute Gasteiger partial charge is 0.161 e. The lowest BCUT2D eigenvalue weighted by Gasteiger charge is -2.15. The molecule has 0 unspecified atom stereocenters. The molecule has 0 aliphatic carbocycles. The summed E-state index contributed by atoms with van der Waals surface area (Å²) in [6, 6.07) is 66.6. The van der Waals surface area contributed by atoms with Gasteiger partial charge in [-0.1, -0.05) is 140 Å². The summed E-state index contributed by atoms with van der Waals surface area (Å²) in [6.45, 7) is 0. The monoisotopic (exact) mass is 713 g/mol. The first kappa shape index (κ1) is 30.9. The zero-order chi connectivity index (χ0) is 36.7. The maximum Gasteiger partial charge on any atom is 0.161 e. The molecule has 0 N–H and O–H groups in total. The first-order chi connectivity index (χ1) is 27.8. The third-order valence-corrected chi connectivity index (χ3v) is 11.4. The van der Waals surface area contributed by atoms with Gasteiger partial charge < -0.3 is 8.98 Å². The van der Waals surface area contributed by atoms with Gasteiger partial charge in [-0.2, -0.15) is 0 Å². The average Bonchev–Trinajstić information content (AvgIpc) is 3.82. The van der Waals surface area contributed by atoms with E-state index in [2.05, 4.69) is 187 Å². The molecule has 0 amide bonds. The highest BCUT2D eigenvalue weighted by molar-refractivity contribution is 6.31. The van der Waals surface area contributed by atoms with Crippen molar-refractivity contribution in [1.29, 1.82) is 0 Å². The molecular weight excluding hydrogens is 683 g/mol. The molecule has 0 saturated carbocycles. The molecule has 260 valence electrons. The van der Waals surface area contributed by atoms with E-state index in [1.807, 2.05) is 6.07 Å². The van der Waals surface area contributed by atoms with Crippen LogP contribution in [0.15, 0.2) is 192 Å². The molecule has 3 heterocycles. The molecule has 0 spiro atoms. The van der Waals surface area contributed by atoms with Gasteiger partial charge in [-0.05, 0) is 75.5 Å². The van der Waals surface area contributed by atoms with Crippen LogP contribution in [0.5, 0.6) is 0 Å². The van der Waals surface area contributed by atoms with Crippen LogP contribution in [-0.4, -0.2) is 14.5 Å². The highest BCUT2D eigenvalue weighted by Crippen LogP contribution is 2.46. The van der Waals surface area contributed by atoms with E-state index in [9.17, 15) is 0 Å². The third-order valence-electron chi connectivity index (χ3n) is 11.4. The topological polar surface area (TPSA) is 43.9 Å². The lowest BCUT2D eigenvalue weighted by Crippen LogP contribution is -1.98. The second kappa shape index (κ2) is 12.0. The number of fused-ring (bicyclic) bond motifs is 11. The molecule has 0 atom stereocenters. The number of aromatic nitrogens is 3. The van der Waals surface area contributed by atoms with Crippen molar-refractivity contribution in [3.63, 3.8) is 0 Å². The number of hydrogen-bond acceptors (Lipinski definition) is 3. The summed E-state index contributed by atoms with van der Waals surface area (Å²) in [5, 5.41) is 11.3. The van der Waals surface area contributed by atoms with Crippen LogP contribution in [0, 0.1) is 0 Å². The fourth-order valence-corrected chi connectivity index (χ4v) is 8.83. The molecule has 0 saturated heterocycles. The van der Waals surface area contributed by atoms with E-state index >= 15 is 0 Å². The predicted octanol–water partition coefficient (Wildman–Crippen LogP) is 13.9. The Morgan fingerprint density at radius 1 is 0.393 bits per heavy atom. The zero-order valence-electron chi connectivity index (χ0n) is 30.1. The van der Waals surface area contributed by atoms with Crippen molar-refractivity contribution in [2.24, 2.45) is 0 Å². The minimum atomic E-state index is 0.658. The van der Waals surface area contributed by atoms with E-state index in [0.717, 1.165) is 93.7 Å². The summed E-state index contributed by atoms with van der Waals surface area (Å²) < 4.78 is 9.22. The second-order valence-corrected chi connectivity index (χ2v) is 14.5.